The Balaban J connectivity index is 0.00000300. The molecule has 2 aliphatic carbocycles. The average Bonchev–Trinajstić information content (AvgIpc) is 3.51. The van der Waals surface area contributed by atoms with E-state index in [1.165, 1.54) is 0 Å². The van der Waals surface area contributed by atoms with Crippen LogP contribution in [0.25, 0.3) is 0 Å². The lowest BCUT2D eigenvalue weighted by molar-refractivity contribution is -0.126. The molecule has 3 atom stereocenters. The van der Waals surface area contributed by atoms with Crippen molar-refractivity contribution in [2.45, 2.75) is 63.6 Å². The maximum absolute atomic E-state index is 12.4. The molecule has 1 amide bonds. The highest BCUT2D eigenvalue weighted by atomic mass is 127. The minimum atomic E-state index is -0.0677. The molecule has 0 radical (unpaired) electrons. The minimum Gasteiger partial charge on any atom is -0.487 e. The maximum Gasteiger partial charge on any atom is 0.223 e. The highest BCUT2D eigenvalue weighted by Gasteiger charge is 2.31. The molecule has 0 saturated heterocycles. The number of hydrogen-bond donors (Lipinski definition) is 3. The van der Waals surface area contributed by atoms with E-state index in [4.69, 9.17) is 16.3 Å². The monoisotopic (exact) mass is 534 g/mol. The number of amides is 1. The Morgan fingerprint density at radius 1 is 1.21 bits per heavy atom. The van der Waals surface area contributed by atoms with Crippen LogP contribution in [0.4, 0.5) is 0 Å². The Labute approximate surface area is 195 Å². The van der Waals surface area contributed by atoms with Crippen LogP contribution in [0.15, 0.2) is 29.3 Å². The molecule has 0 aliphatic heterocycles. The summed E-state index contributed by atoms with van der Waals surface area (Å²) in [7, 11) is 1.76. The van der Waals surface area contributed by atoms with Crippen LogP contribution in [0.1, 0.15) is 45.4 Å². The van der Waals surface area contributed by atoms with Crippen LogP contribution in [-0.4, -0.2) is 43.6 Å². The predicted molar refractivity (Wildman–Crippen MR) is 128 cm³/mol. The predicted octanol–water partition coefficient (Wildman–Crippen LogP) is 3.73. The van der Waals surface area contributed by atoms with E-state index in [2.05, 4.69) is 20.9 Å². The van der Waals surface area contributed by atoms with Gasteiger partial charge in [-0.2, -0.15) is 0 Å². The lowest BCUT2D eigenvalue weighted by Crippen LogP contribution is -2.48. The van der Waals surface area contributed by atoms with Crippen molar-refractivity contribution in [1.29, 1.82) is 0 Å². The van der Waals surface area contributed by atoms with Gasteiger partial charge in [-0.1, -0.05) is 30.2 Å². The Hall–Kier alpha value is -1.22. The maximum atomic E-state index is 12.4. The highest BCUT2D eigenvalue weighted by Crippen LogP contribution is 2.27. The summed E-state index contributed by atoms with van der Waals surface area (Å²) in [4.78, 5) is 16.7. The smallest absolute Gasteiger partial charge is 0.223 e. The molecule has 8 heteroatoms. The van der Waals surface area contributed by atoms with Crippen molar-refractivity contribution in [3.63, 3.8) is 0 Å². The molecule has 0 heterocycles. The molecular weight excluding hydrogens is 503 g/mol. The van der Waals surface area contributed by atoms with Crippen LogP contribution in [0.2, 0.25) is 5.02 Å². The van der Waals surface area contributed by atoms with Gasteiger partial charge in [-0.05, 0) is 51.2 Å². The Morgan fingerprint density at radius 3 is 2.66 bits per heavy atom. The normalized spacial score (nSPS) is 22.8. The number of guanidine groups is 1. The third-order valence-electron chi connectivity index (χ3n) is 5.25. The molecule has 2 saturated carbocycles. The summed E-state index contributed by atoms with van der Waals surface area (Å²) >= 11 is 6.15. The van der Waals surface area contributed by atoms with Crippen molar-refractivity contribution >= 4 is 47.4 Å². The summed E-state index contributed by atoms with van der Waals surface area (Å²) in [6.07, 6.45) is 6.14. The quantitative estimate of drug-likeness (QED) is 0.283. The number of halogens is 2. The second-order valence-electron chi connectivity index (χ2n) is 7.80. The number of hydrogen-bond acceptors (Lipinski definition) is 3. The summed E-state index contributed by atoms with van der Waals surface area (Å²) in [6.45, 7) is 2.59. The fourth-order valence-electron chi connectivity index (χ4n) is 3.53. The van der Waals surface area contributed by atoms with Gasteiger partial charge < -0.3 is 20.7 Å². The molecule has 0 aromatic heterocycles. The van der Waals surface area contributed by atoms with Crippen molar-refractivity contribution in [3.05, 3.63) is 29.3 Å². The van der Waals surface area contributed by atoms with Crippen LogP contribution in [0.5, 0.6) is 5.75 Å². The topological polar surface area (TPSA) is 74.8 Å². The summed E-state index contributed by atoms with van der Waals surface area (Å²) in [5.74, 6) is 1.74. The van der Waals surface area contributed by atoms with Crippen molar-refractivity contribution in [2.24, 2.45) is 10.9 Å². The molecule has 1 aromatic carbocycles. The van der Waals surface area contributed by atoms with Crippen molar-refractivity contribution in [2.75, 3.05) is 13.6 Å². The Kier molecular flexibility index (Phi) is 9.82. The molecule has 1 aromatic rings. The first-order valence-corrected chi connectivity index (χ1v) is 10.6. The third kappa shape index (κ3) is 7.85. The zero-order valence-corrected chi connectivity index (χ0v) is 20.2. The van der Waals surface area contributed by atoms with E-state index >= 15 is 0 Å². The van der Waals surface area contributed by atoms with Gasteiger partial charge >= 0.3 is 0 Å². The zero-order chi connectivity index (χ0) is 19.9. The van der Waals surface area contributed by atoms with Gasteiger partial charge in [0.25, 0.3) is 0 Å². The van der Waals surface area contributed by atoms with Crippen LogP contribution >= 0.6 is 35.6 Å². The average molecular weight is 535 g/mol. The van der Waals surface area contributed by atoms with Crippen LogP contribution < -0.4 is 20.7 Å². The molecule has 3 rings (SSSR count). The largest absolute Gasteiger partial charge is 0.487 e. The SMILES string of the molecule is CN=C(NCC(C)Oc1ccccc1Cl)NC1CCCC(C(=O)NC2CC2)C1.I. The second-order valence-corrected chi connectivity index (χ2v) is 8.21. The van der Waals surface area contributed by atoms with E-state index in [0.29, 0.717) is 23.4 Å². The van der Waals surface area contributed by atoms with Gasteiger partial charge in [-0.3, -0.25) is 9.79 Å². The molecule has 162 valence electrons. The third-order valence-corrected chi connectivity index (χ3v) is 5.57. The van der Waals surface area contributed by atoms with Gasteiger partial charge in [0, 0.05) is 25.0 Å². The number of rotatable bonds is 7. The highest BCUT2D eigenvalue weighted by molar-refractivity contribution is 14.0. The number of benzene rings is 1. The fourth-order valence-corrected chi connectivity index (χ4v) is 3.71. The number of nitrogens with one attached hydrogen (secondary N) is 3. The zero-order valence-electron chi connectivity index (χ0n) is 17.1. The van der Waals surface area contributed by atoms with Gasteiger partial charge in [0.1, 0.15) is 11.9 Å². The van der Waals surface area contributed by atoms with Gasteiger partial charge in [-0.15, -0.1) is 24.0 Å². The van der Waals surface area contributed by atoms with Gasteiger partial charge in [0.2, 0.25) is 5.91 Å². The van der Waals surface area contributed by atoms with Gasteiger partial charge in [0.05, 0.1) is 11.6 Å². The number of ether oxygens (including phenoxy) is 1. The first kappa shape index (κ1) is 24.1. The van der Waals surface area contributed by atoms with Crippen LogP contribution in [-0.2, 0) is 4.79 Å². The summed E-state index contributed by atoms with van der Waals surface area (Å²) < 4.78 is 5.89. The summed E-state index contributed by atoms with van der Waals surface area (Å²) in [6, 6.07) is 8.15. The van der Waals surface area contributed by atoms with Gasteiger partial charge in [0.15, 0.2) is 5.96 Å². The minimum absolute atomic E-state index is 0. The molecule has 2 aliphatic rings. The van der Waals surface area contributed by atoms with Crippen LogP contribution in [0.3, 0.4) is 0 Å². The Bertz CT molecular complexity index is 699. The number of carbonyl (C=O) groups excluding carboxylic acids is 1. The van der Waals surface area contributed by atoms with E-state index < -0.39 is 0 Å². The first-order chi connectivity index (χ1) is 13.5. The van der Waals surface area contributed by atoms with E-state index in [-0.39, 0.29) is 47.9 Å². The molecule has 3 unspecified atom stereocenters. The number of para-hydroxylation sites is 1. The van der Waals surface area contributed by atoms with E-state index in [1.54, 1.807) is 7.05 Å². The molecular formula is C21H32ClIN4O2. The van der Waals surface area contributed by atoms with Crippen molar-refractivity contribution in [3.8, 4) is 5.75 Å². The molecule has 29 heavy (non-hydrogen) atoms. The summed E-state index contributed by atoms with van der Waals surface area (Å²) in [5.41, 5.74) is 0. The van der Waals surface area contributed by atoms with E-state index in [1.807, 2.05) is 31.2 Å². The van der Waals surface area contributed by atoms with E-state index in [0.717, 1.165) is 44.5 Å². The fraction of sp³-hybridized carbons (Fsp3) is 0.619. The summed E-state index contributed by atoms with van der Waals surface area (Å²) in [5, 5.41) is 10.5. The molecule has 6 nitrogen and oxygen atoms in total. The molecule has 2 fully saturated rings. The first-order valence-electron chi connectivity index (χ1n) is 10.2. The number of nitrogens with zero attached hydrogens (tertiary/aromatic N) is 1. The van der Waals surface area contributed by atoms with Crippen molar-refractivity contribution < 1.29 is 9.53 Å². The second kappa shape index (κ2) is 11.8. The molecule has 3 N–H and O–H groups in total. The lowest BCUT2D eigenvalue weighted by atomic mass is 9.85. The van der Waals surface area contributed by atoms with E-state index in [9.17, 15) is 4.79 Å². The number of aliphatic imine (C=N–C) groups is 1. The standard InChI is InChI=1S/C21H31ClN4O2.HI/c1-14(28-19-9-4-3-8-18(19)22)13-24-21(23-2)26-17-7-5-6-15(12-17)20(27)25-16-10-11-16;/h3-4,8-9,14-17H,5-7,10-13H2,1-2H3,(H,25,27)(H2,23,24,26);1H. The molecule has 0 spiro atoms. The molecule has 0 bridgehead atoms. The van der Waals surface area contributed by atoms with Crippen molar-refractivity contribution in [1.82, 2.24) is 16.0 Å². The Morgan fingerprint density at radius 2 is 1.97 bits per heavy atom. The van der Waals surface area contributed by atoms with Crippen LogP contribution in [0, 0.1) is 5.92 Å². The number of carbonyl (C=O) groups is 1. The van der Waals surface area contributed by atoms with Gasteiger partial charge in [-0.25, -0.2) is 0 Å². The lowest BCUT2D eigenvalue weighted by Gasteiger charge is -2.30.